The van der Waals surface area contributed by atoms with Gasteiger partial charge in [0.15, 0.2) is 0 Å². The topological polar surface area (TPSA) is 44.1 Å². The van der Waals surface area contributed by atoms with Gasteiger partial charge in [0.2, 0.25) is 0 Å². The third kappa shape index (κ3) is 4.54. The zero-order valence-electron chi connectivity index (χ0n) is 18.0. The number of benzene rings is 3. The van der Waals surface area contributed by atoms with Crippen LogP contribution in [0, 0.1) is 12.3 Å². The maximum Gasteiger partial charge on any atom is 0.348 e. The highest BCUT2D eigenvalue weighted by atomic mass is 35.5. The van der Waals surface area contributed by atoms with E-state index in [1.54, 1.807) is 4.57 Å². The molecule has 0 aliphatic rings. The third-order valence-corrected chi connectivity index (χ3v) is 5.59. The van der Waals surface area contributed by atoms with Gasteiger partial charge in [0.25, 0.3) is 0 Å². The van der Waals surface area contributed by atoms with E-state index in [9.17, 15) is 4.79 Å². The Morgan fingerprint density at radius 3 is 2.56 bits per heavy atom. The molecule has 4 aromatic rings. The number of terminal acetylenes is 1. The van der Waals surface area contributed by atoms with Gasteiger partial charge in [0, 0.05) is 16.0 Å². The molecule has 0 spiro atoms. The van der Waals surface area contributed by atoms with Crippen LogP contribution in [0.2, 0.25) is 5.02 Å². The first-order valence-electron chi connectivity index (χ1n) is 10.4. The molecule has 160 valence electrons. The standard InChI is InChI=1S/C27H23ClN2O2/c1-4-14-32-23-12-13-25-24(16-23)26(21-10-8-20(9-11-21)18(2)3)29-27(31)30(25)17-19-6-5-7-22(28)15-19/h1,5-13,15-16,18H,14,17H2,2-3H3. The second-order valence-corrected chi connectivity index (χ2v) is 8.34. The summed E-state index contributed by atoms with van der Waals surface area (Å²) in [5.74, 6) is 3.53. The van der Waals surface area contributed by atoms with Crippen molar-refractivity contribution >= 4 is 22.5 Å². The fourth-order valence-corrected chi connectivity index (χ4v) is 3.90. The summed E-state index contributed by atoms with van der Waals surface area (Å²) in [7, 11) is 0. The predicted molar refractivity (Wildman–Crippen MR) is 130 cm³/mol. The lowest BCUT2D eigenvalue weighted by Crippen LogP contribution is -2.24. The molecular formula is C27H23ClN2O2. The molecule has 0 N–H and O–H groups in total. The van der Waals surface area contributed by atoms with E-state index in [4.69, 9.17) is 22.8 Å². The lowest BCUT2D eigenvalue weighted by Gasteiger charge is -2.15. The minimum atomic E-state index is -0.322. The van der Waals surface area contributed by atoms with Gasteiger partial charge in [-0.3, -0.25) is 4.57 Å². The fraction of sp³-hybridized carbons (Fsp3) is 0.185. The molecule has 4 nitrogen and oxygen atoms in total. The Balaban J connectivity index is 1.89. The Labute approximate surface area is 192 Å². The van der Waals surface area contributed by atoms with Gasteiger partial charge in [-0.05, 0) is 47.4 Å². The second kappa shape index (κ2) is 9.30. The van der Waals surface area contributed by atoms with Crippen LogP contribution in [0.5, 0.6) is 5.75 Å². The summed E-state index contributed by atoms with van der Waals surface area (Å²) < 4.78 is 7.29. The number of rotatable bonds is 6. The highest BCUT2D eigenvalue weighted by molar-refractivity contribution is 6.30. The molecule has 0 unspecified atom stereocenters. The maximum absolute atomic E-state index is 13.1. The van der Waals surface area contributed by atoms with E-state index in [2.05, 4.69) is 36.9 Å². The summed E-state index contributed by atoms with van der Waals surface area (Å²) >= 11 is 6.14. The van der Waals surface area contributed by atoms with Crippen LogP contribution >= 0.6 is 11.6 Å². The molecule has 5 heteroatoms. The summed E-state index contributed by atoms with van der Waals surface area (Å²) in [5.41, 5.74) is 4.09. The van der Waals surface area contributed by atoms with Crippen LogP contribution in [0.25, 0.3) is 22.2 Å². The minimum Gasteiger partial charge on any atom is -0.481 e. The van der Waals surface area contributed by atoms with Crippen molar-refractivity contribution in [3.8, 4) is 29.4 Å². The van der Waals surface area contributed by atoms with Crippen LogP contribution in [0.1, 0.15) is 30.9 Å². The number of nitrogens with zero attached hydrogens (tertiary/aromatic N) is 2. The van der Waals surface area contributed by atoms with Crippen molar-refractivity contribution in [2.45, 2.75) is 26.3 Å². The summed E-state index contributed by atoms with van der Waals surface area (Å²) in [4.78, 5) is 17.6. The molecule has 0 saturated carbocycles. The highest BCUT2D eigenvalue weighted by Crippen LogP contribution is 2.30. The molecule has 0 bridgehead atoms. The summed E-state index contributed by atoms with van der Waals surface area (Å²) in [6.07, 6.45) is 5.35. The molecule has 32 heavy (non-hydrogen) atoms. The van der Waals surface area contributed by atoms with Crippen molar-refractivity contribution in [2.75, 3.05) is 6.61 Å². The van der Waals surface area contributed by atoms with Gasteiger partial charge >= 0.3 is 5.69 Å². The van der Waals surface area contributed by atoms with Crippen molar-refractivity contribution in [1.29, 1.82) is 0 Å². The van der Waals surface area contributed by atoms with E-state index in [1.807, 2.05) is 54.6 Å². The van der Waals surface area contributed by atoms with Crippen LogP contribution in [-0.2, 0) is 6.54 Å². The van der Waals surface area contributed by atoms with Crippen molar-refractivity contribution in [2.24, 2.45) is 0 Å². The Morgan fingerprint density at radius 1 is 1.09 bits per heavy atom. The summed E-state index contributed by atoms with van der Waals surface area (Å²) in [6.45, 7) is 4.82. The van der Waals surface area contributed by atoms with Crippen LogP contribution in [-0.4, -0.2) is 16.2 Å². The SMILES string of the molecule is C#CCOc1ccc2c(c1)c(-c1ccc(C(C)C)cc1)nc(=O)n2Cc1cccc(Cl)c1. The van der Waals surface area contributed by atoms with E-state index in [0.29, 0.717) is 28.9 Å². The Hall–Kier alpha value is -3.55. The number of ether oxygens (including phenoxy) is 1. The van der Waals surface area contributed by atoms with Gasteiger partial charge in [-0.25, -0.2) is 4.79 Å². The van der Waals surface area contributed by atoms with Crippen LogP contribution in [0.15, 0.2) is 71.5 Å². The zero-order chi connectivity index (χ0) is 22.7. The molecule has 0 fully saturated rings. The van der Waals surface area contributed by atoms with Crippen LogP contribution in [0.3, 0.4) is 0 Å². The molecule has 1 heterocycles. The molecule has 0 amide bonds. The average Bonchev–Trinajstić information content (AvgIpc) is 2.79. The zero-order valence-corrected chi connectivity index (χ0v) is 18.8. The minimum absolute atomic E-state index is 0.166. The largest absolute Gasteiger partial charge is 0.481 e. The number of aromatic nitrogens is 2. The highest BCUT2D eigenvalue weighted by Gasteiger charge is 2.14. The van der Waals surface area contributed by atoms with E-state index in [1.165, 1.54) is 5.56 Å². The number of hydrogen-bond acceptors (Lipinski definition) is 3. The number of halogens is 1. The van der Waals surface area contributed by atoms with Gasteiger partial charge < -0.3 is 4.74 Å². The third-order valence-electron chi connectivity index (χ3n) is 5.35. The molecule has 3 aromatic carbocycles. The quantitative estimate of drug-likeness (QED) is 0.349. The first kappa shape index (κ1) is 21.7. The van der Waals surface area contributed by atoms with Gasteiger partial charge in [0.05, 0.1) is 17.8 Å². The Bertz CT molecular complexity index is 1370. The first-order valence-corrected chi connectivity index (χ1v) is 10.8. The predicted octanol–water partition coefficient (Wildman–Crippen LogP) is 5.90. The van der Waals surface area contributed by atoms with Crippen molar-refractivity contribution in [3.63, 3.8) is 0 Å². The maximum atomic E-state index is 13.1. The molecular weight excluding hydrogens is 420 g/mol. The average molecular weight is 443 g/mol. The molecule has 0 radical (unpaired) electrons. The van der Waals surface area contributed by atoms with Crippen molar-refractivity contribution in [3.05, 3.63) is 93.4 Å². The van der Waals surface area contributed by atoms with Gasteiger partial charge in [0.1, 0.15) is 12.4 Å². The van der Waals surface area contributed by atoms with Crippen molar-refractivity contribution in [1.82, 2.24) is 9.55 Å². The van der Waals surface area contributed by atoms with Gasteiger partial charge in [-0.1, -0.05) is 67.8 Å². The summed E-state index contributed by atoms with van der Waals surface area (Å²) in [5, 5.41) is 1.44. The Morgan fingerprint density at radius 2 is 1.88 bits per heavy atom. The van der Waals surface area contributed by atoms with Crippen molar-refractivity contribution < 1.29 is 4.74 Å². The van der Waals surface area contributed by atoms with Gasteiger partial charge in [-0.2, -0.15) is 4.98 Å². The van der Waals surface area contributed by atoms with E-state index in [0.717, 1.165) is 22.0 Å². The normalized spacial score (nSPS) is 11.0. The first-order chi connectivity index (χ1) is 15.5. The summed E-state index contributed by atoms with van der Waals surface area (Å²) in [6, 6.07) is 21.2. The molecule has 0 aliphatic carbocycles. The fourth-order valence-electron chi connectivity index (χ4n) is 3.69. The number of hydrogen-bond donors (Lipinski definition) is 0. The van der Waals surface area contributed by atoms with Gasteiger partial charge in [-0.15, -0.1) is 6.42 Å². The molecule has 1 aromatic heterocycles. The monoisotopic (exact) mass is 442 g/mol. The number of fused-ring (bicyclic) bond motifs is 1. The lowest BCUT2D eigenvalue weighted by molar-refractivity contribution is 0.371. The second-order valence-electron chi connectivity index (χ2n) is 7.91. The molecule has 0 aliphatic heterocycles. The molecule has 0 saturated heterocycles. The smallest absolute Gasteiger partial charge is 0.348 e. The molecule has 4 rings (SSSR count). The van der Waals surface area contributed by atoms with Crippen LogP contribution < -0.4 is 10.4 Å². The lowest BCUT2D eigenvalue weighted by atomic mass is 9.99. The van der Waals surface area contributed by atoms with Crippen LogP contribution in [0.4, 0.5) is 0 Å². The molecule has 0 atom stereocenters. The van der Waals surface area contributed by atoms with E-state index in [-0.39, 0.29) is 12.3 Å². The van der Waals surface area contributed by atoms with E-state index < -0.39 is 0 Å². The Kier molecular flexibility index (Phi) is 6.30. The van der Waals surface area contributed by atoms with E-state index >= 15 is 0 Å².